The van der Waals surface area contributed by atoms with E-state index in [2.05, 4.69) is 13.8 Å². The molecule has 0 N–H and O–H groups in total. The van der Waals surface area contributed by atoms with Gasteiger partial charge in [0.2, 0.25) is 0 Å². The summed E-state index contributed by atoms with van der Waals surface area (Å²) in [6.45, 7) is 8.65. The Morgan fingerprint density at radius 1 is 0.812 bits per heavy atom. The van der Waals surface area contributed by atoms with Crippen LogP contribution in [0.25, 0.3) is 0 Å². The second-order valence-corrected chi connectivity index (χ2v) is 4.51. The molecule has 0 bridgehead atoms. The zero-order valence-electron chi connectivity index (χ0n) is 11.2. The Balaban J connectivity index is 2.83. The molecule has 1 nitrogen and oxygen atoms in total. The van der Waals surface area contributed by atoms with E-state index in [1.807, 2.05) is 0 Å². The molecule has 16 heavy (non-hydrogen) atoms. The minimum absolute atomic E-state index is 0.776. The van der Waals surface area contributed by atoms with Gasteiger partial charge in [0.1, 0.15) is 0 Å². The molecule has 0 aromatic heterocycles. The van der Waals surface area contributed by atoms with E-state index in [0.717, 1.165) is 13.0 Å². The summed E-state index contributed by atoms with van der Waals surface area (Å²) in [5, 5.41) is 0. The fourth-order valence-electron chi connectivity index (χ4n) is 1.84. The van der Waals surface area contributed by atoms with Gasteiger partial charge in [-0.3, -0.25) is 0 Å². The standard InChI is InChI=1S/C15H30O/c1-3-5-6-7-8-9-10-11-12-13-15-16-14-4-2/h14H,2-13,15H2,1H3. The third-order valence-corrected chi connectivity index (χ3v) is 2.85. The number of unbranched alkanes of at least 4 members (excludes halogenated alkanes) is 9. The summed E-state index contributed by atoms with van der Waals surface area (Å²) in [5.74, 6) is 0. The van der Waals surface area contributed by atoms with Crippen LogP contribution in [-0.4, -0.2) is 6.61 Å². The van der Waals surface area contributed by atoms with Crippen LogP contribution in [0.3, 0.4) is 0 Å². The lowest BCUT2D eigenvalue weighted by atomic mass is 10.1. The third-order valence-electron chi connectivity index (χ3n) is 2.85. The van der Waals surface area contributed by atoms with Crippen LogP contribution in [0.1, 0.15) is 77.6 Å². The number of rotatable bonds is 13. The molecule has 0 aromatic carbocycles. The Labute approximate surface area is 103 Å². The molecule has 0 rings (SSSR count). The lowest BCUT2D eigenvalue weighted by Crippen LogP contribution is -1.91. The first kappa shape index (κ1) is 16.0. The maximum absolute atomic E-state index is 5.27. The minimum Gasteiger partial charge on any atom is -0.376 e. The number of hydrogen-bond acceptors (Lipinski definition) is 1. The van der Waals surface area contributed by atoms with Gasteiger partial charge >= 0.3 is 0 Å². The largest absolute Gasteiger partial charge is 0.376 e. The van der Waals surface area contributed by atoms with Crippen LogP contribution < -0.4 is 0 Å². The fourth-order valence-corrected chi connectivity index (χ4v) is 1.84. The average Bonchev–Trinajstić information content (AvgIpc) is 2.31. The first-order valence-corrected chi connectivity index (χ1v) is 7.14. The van der Waals surface area contributed by atoms with E-state index in [1.54, 1.807) is 6.61 Å². The summed E-state index contributed by atoms with van der Waals surface area (Å²) in [5.41, 5.74) is 0. The van der Waals surface area contributed by atoms with Crippen LogP contribution in [0.2, 0.25) is 0 Å². The van der Waals surface area contributed by atoms with Gasteiger partial charge in [-0.25, -0.2) is 0 Å². The lowest BCUT2D eigenvalue weighted by Gasteiger charge is -2.03. The monoisotopic (exact) mass is 226 g/mol. The van der Waals surface area contributed by atoms with E-state index in [1.165, 1.54) is 64.2 Å². The van der Waals surface area contributed by atoms with Gasteiger partial charge in [0.05, 0.1) is 6.61 Å². The Kier molecular flexibility index (Phi) is 14.9. The molecule has 0 unspecified atom stereocenters. The highest BCUT2D eigenvalue weighted by Gasteiger charge is 1.92. The zero-order chi connectivity index (χ0) is 11.9. The van der Waals surface area contributed by atoms with Gasteiger partial charge in [0.15, 0.2) is 0 Å². The topological polar surface area (TPSA) is 9.23 Å². The number of hydrogen-bond donors (Lipinski definition) is 0. The molecule has 0 aliphatic carbocycles. The summed E-state index contributed by atoms with van der Waals surface area (Å²) in [7, 11) is 0. The van der Waals surface area contributed by atoms with E-state index in [9.17, 15) is 0 Å². The first-order valence-electron chi connectivity index (χ1n) is 7.14. The lowest BCUT2D eigenvalue weighted by molar-refractivity contribution is 0.190. The van der Waals surface area contributed by atoms with Gasteiger partial charge in [-0.05, 0) is 12.8 Å². The normalized spacial score (nSPS) is 10.9. The van der Waals surface area contributed by atoms with Crippen LogP contribution in [0, 0.1) is 13.5 Å². The van der Waals surface area contributed by atoms with Crippen molar-refractivity contribution in [3.05, 3.63) is 13.5 Å². The smallest absolute Gasteiger partial charge is 0.0836 e. The molecule has 0 aliphatic heterocycles. The predicted molar refractivity (Wildman–Crippen MR) is 72.1 cm³/mol. The zero-order valence-corrected chi connectivity index (χ0v) is 11.2. The predicted octanol–water partition coefficient (Wildman–Crippen LogP) is 5.31. The van der Waals surface area contributed by atoms with Crippen LogP contribution >= 0.6 is 0 Å². The molecule has 0 spiro atoms. The maximum atomic E-state index is 5.27. The Morgan fingerprint density at radius 3 is 1.81 bits per heavy atom. The molecule has 0 atom stereocenters. The second-order valence-electron chi connectivity index (χ2n) is 4.51. The molecule has 1 heteroatoms. The van der Waals surface area contributed by atoms with E-state index in [0.29, 0.717) is 0 Å². The number of ether oxygens (including phenoxy) is 1. The van der Waals surface area contributed by atoms with Crippen molar-refractivity contribution < 1.29 is 4.74 Å². The van der Waals surface area contributed by atoms with Crippen molar-refractivity contribution >= 4 is 0 Å². The molecular formula is C15H30O. The molecule has 0 fully saturated rings. The molecule has 96 valence electrons. The summed E-state index contributed by atoms with van der Waals surface area (Å²) in [6.07, 6.45) is 14.6. The van der Waals surface area contributed by atoms with Gasteiger partial charge in [-0.15, -0.1) is 0 Å². The molecular weight excluding hydrogens is 196 g/mol. The van der Waals surface area contributed by atoms with Crippen molar-refractivity contribution in [1.29, 1.82) is 0 Å². The van der Waals surface area contributed by atoms with E-state index >= 15 is 0 Å². The molecule has 0 amide bonds. The Hall–Kier alpha value is -0.0400. The fraction of sp³-hybridized carbons (Fsp3) is 0.867. The molecule has 0 saturated heterocycles. The Bertz CT molecular complexity index is 98.0. The van der Waals surface area contributed by atoms with Gasteiger partial charge < -0.3 is 4.74 Å². The van der Waals surface area contributed by atoms with Crippen molar-refractivity contribution in [2.24, 2.45) is 0 Å². The van der Waals surface area contributed by atoms with Crippen LogP contribution in [0.5, 0.6) is 0 Å². The molecule has 2 radical (unpaired) electrons. The molecule has 0 saturated carbocycles. The molecule has 0 aromatic rings. The van der Waals surface area contributed by atoms with Gasteiger partial charge in [-0.1, -0.05) is 71.6 Å². The van der Waals surface area contributed by atoms with Crippen LogP contribution in [-0.2, 0) is 4.74 Å². The molecule has 0 heterocycles. The van der Waals surface area contributed by atoms with Gasteiger partial charge in [0, 0.05) is 6.61 Å². The maximum Gasteiger partial charge on any atom is 0.0836 e. The van der Waals surface area contributed by atoms with Crippen molar-refractivity contribution in [3.63, 3.8) is 0 Å². The van der Waals surface area contributed by atoms with E-state index in [-0.39, 0.29) is 0 Å². The van der Waals surface area contributed by atoms with E-state index < -0.39 is 0 Å². The van der Waals surface area contributed by atoms with Crippen LogP contribution in [0.4, 0.5) is 0 Å². The van der Waals surface area contributed by atoms with Crippen molar-refractivity contribution in [2.45, 2.75) is 77.6 Å². The highest BCUT2D eigenvalue weighted by molar-refractivity contribution is 4.52. The summed E-state index contributed by atoms with van der Waals surface area (Å²) in [4.78, 5) is 0. The second kappa shape index (κ2) is 15.0. The average molecular weight is 226 g/mol. The quantitative estimate of drug-likeness (QED) is 0.387. The van der Waals surface area contributed by atoms with E-state index in [4.69, 9.17) is 4.74 Å². The summed E-state index contributed by atoms with van der Waals surface area (Å²) in [6, 6.07) is 0. The van der Waals surface area contributed by atoms with Gasteiger partial charge in [-0.2, -0.15) is 0 Å². The van der Waals surface area contributed by atoms with Crippen molar-refractivity contribution in [1.82, 2.24) is 0 Å². The Morgan fingerprint density at radius 2 is 1.31 bits per heavy atom. The SMILES string of the molecule is [CH2]C[CH]OCCCCCCCCCCCC. The van der Waals surface area contributed by atoms with Crippen molar-refractivity contribution in [2.75, 3.05) is 6.61 Å². The minimum atomic E-state index is 0.776. The third kappa shape index (κ3) is 14.0. The molecule has 0 aliphatic rings. The van der Waals surface area contributed by atoms with Crippen LogP contribution in [0.15, 0.2) is 0 Å². The van der Waals surface area contributed by atoms with Gasteiger partial charge in [0.25, 0.3) is 0 Å². The highest BCUT2D eigenvalue weighted by atomic mass is 16.5. The van der Waals surface area contributed by atoms with Crippen molar-refractivity contribution in [3.8, 4) is 0 Å². The summed E-state index contributed by atoms with van der Waals surface area (Å²) >= 11 is 0. The summed E-state index contributed by atoms with van der Waals surface area (Å²) < 4.78 is 5.27. The first-order chi connectivity index (χ1) is 7.91. The highest BCUT2D eigenvalue weighted by Crippen LogP contribution is 2.10.